The molecule has 1 atom stereocenters. The molecule has 0 saturated carbocycles. The minimum Gasteiger partial charge on any atom is -0.493 e. The summed E-state index contributed by atoms with van der Waals surface area (Å²) in [6.07, 6.45) is 1.07. The van der Waals surface area contributed by atoms with E-state index < -0.39 is 15.3 Å². The third-order valence-electron chi connectivity index (χ3n) is 3.94. The second kappa shape index (κ2) is 9.31. The Morgan fingerprint density at radius 2 is 1.87 bits per heavy atom. The number of aromatic nitrogens is 2. The molecule has 10 heteroatoms. The second-order valence-electron chi connectivity index (χ2n) is 6.38. The zero-order valence-corrected chi connectivity index (χ0v) is 18.3. The third kappa shape index (κ3) is 5.61. The summed E-state index contributed by atoms with van der Waals surface area (Å²) in [5.41, 5.74) is 1.53. The van der Waals surface area contributed by atoms with Crippen LogP contribution in [0.1, 0.15) is 24.2 Å². The monoisotopic (exact) mass is 447 g/mol. The Labute approximate surface area is 179 Å². The fourth-order valence-electron chi connectivity index (χ4n) is 2.65. The van der Waals surface area contributed by atoms with Gasteiger partial charge in [-0.15, -0.1) is 10.2 Å². The number of nitrogens with one attached hydrogen (secondary N) is 1. The maximum absolute atomic E-state index is 12.7. The number of Topliss-reactive ketones (excluding diaryl/α,β-unsaturated/α-hetero) is 1. The van der Waals surface area contributed by atoms with Gasteiger partial charge in [-0.3, -0.25) is 9.52 Å². The summed E-state index contributed by atoms with van der Waals surface area (Å²) in [6, 6.07) is 13.6. The fourth-order valence-corrected chi connectivity index (χ4v) is 3.97. The van der Waals surface area contributed by atoms with Crippen LogP contribution in [0.15, 0.2) is 58.2 Å². The Morgan fingerprint density at radius 1 is 1.17 bits per heavy atom. The van der Waals surface area contributed by atoms with Crippen molar-refractivity contribution in [1.29, 1.82) is 0 Å². The number of para-hydroxylation sites is 1. The molecule has 0 amide bonds. The number of nitrogens with zero attached hydrogens (tertiary/aromatic N) is 2. The van der Waals surface area contributed by atoms with Crippen molar-refractivity contribution < 1.29 is 22.4 Å². The number of carbonyl (C=O) groups is 1. The van der Waals surface area contributed by atoms with Crippen molar-refractivity contribution in [2.24, 2.45) is 0 Å². The van der Waals surface area contributed by atoms with Gasteiger partial charge >= 0.3 is 0 Å². The molecule has 3 aromatic rings. The highest BCUT2D eigenvalue weighted by Crippen LogP contribution is 2.32. The third-order valence-corrected chi connectivity index (χ3v) is 5.48. The molecule has 0 fully saturated rings. The number of carbonyl (C=O) groups excluding carboxylic acids is 1. The van der Waals surface area contributed by atoms with E-state index in [2.05, 4.69) is 14.9 Å². The molecule has 0 saturated heterocycles. The average molecular weight is 448 g/mol. The number of thioether (sulfide) groups is 1. The Hall–Kier alpha value is -2.85. The van der Waals surface area contributed by atoms with Gasteiger partial charge in [-0.25, -0.2) is 8.42 Å². The van der Waals surface area contributed by atoms with Crippen LogP contribution in [0.4, 0.5) is 5.69 Å². The van der Waals surface area contributed by atoms with Crippen LogP contribution in [0.5, 0.6) is 5.75 Å². The molecule has 0 spiro atoms. The molecule has 0 radical (unpaired) electrons. The molecule has 3 rings (SSSR count). The molecule has 8 nitrogen and oxygen atoms in total. The first-order chi connectivity index (χ1) is 14.3. The lowest BCUT2D eigenvalue weighted by molar-refractivity contribution is 0.0993. The van der Waals surface area contributed by atoms with Crippen molar-refractivity contribution >= 4 is 33.3 Å². The number of ether oxygens (including phenoxy) is 1. The highest BCUT2D eigenvalue weighted by molar-refractivity contribution is 8.00. The molecule has 0 bridgehead atoms. The van der Waals surface area contributed by atoms with E-state index in [1.165, 1.54) is 0 Å². The van der Waals surface area contributed by atoms with Crippen LogP contribution in [-0.4, -0.2) is 42.5 Å². The molecule has 1 aromatic heterocycles. The Morgan fingerprint density at radius 3 is 2.53 bits per heavy atom. The summed E-state index contributed by atoms with van der Waals surface area (Å²) in [4.78, 5) is 12.7. The summed E-state index contributed by atoms with van der Waals surface area (Å²) in [6.45, 7) is 4.15. The quantitative estimate of drug-likeness (QED) is 0.389. The standard InChI is InChI=1S/C20H21N3O5S2/c1-4-27-17-8-6-5-7-16(17)19-21-22-20(28-19)29-13(2)18(24)14-9-11-15(12-10-14)23-30(3,25)26/h5-13,23H,4H2,1-3H3/t13-/m0/s1. The van der Waals surface area contributed by atoms with E-state index in [0.29, 0.717) is 35.1 Å². The number of ketones is 1. The number of sulfonamides is 1. The van der Waals surface area contributed by atoms with Crippen molar-refractivity contribution in [1.82, 2.24) is 10.2 Å². The Bertz CT molecular complexity index is 1130. The summed E-state index contributed by atoms with van der Waals surface area (Å²) >= 11 is 1.15. The predicted molar refractivity (Wildman–Crippen MR) is 115 cm³/mol. The van der Waals surface area contributed by atoms with Crippen LogP contribution in [0.2, 0.25) is 0 Å². The minimum absolute atomic E-state index is 0.139. The number of benzene rings is 2. The number of anilines is 1. The number of rotatable bonds is 9. The van der Waals surface area contributed by atoms with E-state index in [4.69, 9.17) is 9.15 Å². The first-order valence-electron chi connectivity index (χ1n) is 9.11. The largest absolute Gasteiger partial charge is 0.493 e. The van der Waals surface area contributed by atoms with E-state index in [1.54, 1.807) is 31.2 Å². The van der Waals surface area contributed by atoms with Crippen LogP contribution in [-0.2, 0) is 10.0 Å². The Balaban J connectivity index is 1.69. The molecule has 0 unspecified atom stereocenters. The first kappa shape index (κ1) is 21.8. The van der Waals surface area contributed by atoms with Gasteiger partial charge in [0.2, 0.25) is 10.0 Å². The number of hydrogen-bond acceptors (Lipinski definition) is 8. The maximum atomic E-state index is 12.7. The van der Waals surface area contributed by atoms with E-state index in [9.17, 15) is 13.2 Å². The van der Waals surface area contributed by atoms with Crippen molar-refractivity contribution in [3.05, 3.63) is 54.1 Å². The molecule has 1 heterocycles. The SMILES string of the molecule is CCOc1ccccc1-c1nnc(S[C@@H](C)C(=O)c2ccc(NS(C)(=O)=O)cc2)o1. The molecule has 0 aliphatic carbocycles. The molecular weight excluding hydrogens is 426 g/mol. The normalized spacial score (nSPS) is 12.4. The molecule has 0 aliphatic heterocycles. The highest BCUT2D eigenvalue weighted by atomic mass is 32.2. The van der Waals surface area contributed by atoms with E-state index in [0.717, 1.165) is 18.0 Å². The lowest BCUT2D eigenvalue weighted by atomic mass is 10.1. The molecule has 30 heavy (non-hydrogen) atoms. The predicted octanol–water partition coefficient (Wildman–Crippen LogP) is 3.87. The molecule has 2 aromatic carbocycles. The zero-order chi connectivity index (χ0) is 21.7. The lowest BCUT2D eigenvalue weighted by Crippen LogP contribution is -2.14. The van der Waals surface area contributed by atoms with Crippen LogP contribution in [0, 0.1) is 0 Å². The fraction of sp³-hybridized carbons (Fsp3) is 0.250. The Kier molecular flexibility index (Phi) is 6.78. The number of hydrogen-bond donors (Lipinski definition) is 1. The zero-order valence-electron chi connectivity index (χ0n) is 16.7. The van der Waals surface area contributed by atoms with Gasteiger partial charge in [-0.1, -0.05) is 23.9 Å². The van der Waals surface area contributed by atoms with Crippen LogP contribution in [0.3, 0.4) is 0 Å². The van der Waals surface area contributed by atoms with E-state index in [-0.39, 0.29) is 11.0 Å². The molecular formula is C20H21N3O5S2. The van der Waals surface area contributed by atoms with Gasteiger partial charge in [0.05, 0.1) is 23.7 Å². The second-order valence-corrected chi connectivity index (χ2v) is 9.42. The minimum atomic E-state index is -3.37. The van der Waals surface area contributed by atoms with Crippen molar-refractivity contribution in [2.75, 3.05) is 17.6 Å². The average Bonchev–Trinajstić information content (AvgIpc) is 3.16. The summed E-state index contributed by atoms with van der Waals surface area (Å²) in [7, 11) is -3.37. The van der Waals surface area contributed by atoms with Crippen LogP contribution < -0.4 is 9.46 Å². The summed E-state index contributed by atoms with van der Waals surface area (Å²) in [5.74, 6) is 0.824. The smallest absolute Gasteiger partial charge is 0.277 e. The van der Waals surface area contributed by atoms with Gasteiger partial charge in [0.15, 0.2) is 5.78 Å². The van der Waals surface area contributed by atoms with Gasteiger partial charge < -0.3 is 9.15 Å². The molecule has 0 aliphatic rings. The topological polar surface area (TPSA) is 111 Å². The maximum Gasteiger partial charge on any atom is 0.277 e. The first-order valence-corrected chi connectivity index (χ1v) is 11.9. The van der Waals surface area contributed by atoms with Crippen LogP contribution in [0.25, 0.3) is 11.5 Å². The summed E-state index contributed by atoms with van der Waals surface area (Å²) < 4.78 is 36.2. The van der Waals surface area contributed by atoms with Gasteiger partial charge in [0, 0.05) is 11.3 Å². The van der Waals surface area contributed by atoms with Crippen molar-refractivity contribution in [2.45, 2.75) is 24.3 Å². The van der Waals surface area contributed by atoms with Crippen molar-refractivity contribution in [3.8, 4) is 17.2 Å². The van der Waals surface area contributed by atoms with Gasteiger partial charge in [0.25, 0.3) is 11.1 Å². The lowest BCUT2D eigenvalue weighted by Gasteiger charge is -2.09. The van der Waals surface area contributed by atoms with Gasteiger partial charge in [-0.2, -0.15) is 0 Å². The molecule has 158 valence electrons. The van der Waals surface area contributed by atoms with Gasteiger partial charge in [0.1, 0.15) is 5.75 Å². The van der Waals surface area contributed by atoms with E-state index in [1.807, 2.05) is 31.2 Å². The highest BCUT2D eigenvalue weighted by Gasteiger charge is 2.21. The summed E-state index contributed by atoms with van der Waals surface area (Å²) in [5, 5.41) is 7.89. The van der Waals surface area contributed by atoms with E-state index >= 15 is 0 Å². The van der Waals surface area contributed by atoms with Gasteiger partial charge in [-0.05, 0) is 50.2 Å². The van der Waals surface area contributed by atoms with Crippen molar-refractivity contribution in [3.63, 3.8) is 0 Å². The van der Waals surface area contributed by atoms with Crippen LogP contribution >= 0.6 is 11.8 Å². The molecule has 1 N–H and O–H groups in total.